The van der Waals surface area contributed by atoms with Crippen LogP contribution in [-0.2, 0) is 4.79 Å². The molecule has 1 N–H and O–H groups in total. The third-order valence-electron chi connectivity index (χ3n) is 3.64. The molecule has 4 heteroatoms. The minimum atomic E-state index is -0.127. The van der Waals surface area contributed by atoms with E-state index in [0.717, 1.165) is 16.2 Å². The molecule has 2 aromatic carbocycles. The largest absolute Gasteiger partial charge is 0.491 e. The molecular weight excluding hydrogens is 306 g/mol. The molecule has 0 unspecified atom stereocenters. The van der Waals surface area contributed by atoms with Crippen molar-refractivity contribution < 1.29 is 9.53 Å². The summed E-state index contributed by atoms with van der Waals surface area (Å²) in [5, 5.41) is 2.80. The minimum Gasteiger partial charge on any atom is -0.491 e. The summed E-state index contributed by atoms with van der Waals surface area (Å²) in [7, 11) is 0. The van der Waals surface area contributed by atoms with Crippen molar-refractivity contribution in [3.8, 4) is 5.75 Å². The SMILES string of the molecule is Cc1cccc(OCCNC(=O)[C@H](C)Sc2ccccc2)c1C. The van der Waals surface area contributed by atoms with Gasteiger partial charge in [0, 0.05) is 4.90 Å². The number of hydrogen-bond acceptors (Lipinski definition) is 3. The van der Waals surface area contributed by atoms with Gasteiger partial charge in [0.05, 0.1) is 11.8 Å². The van der Waals surface area contributed by atoms with Gasteiger partial charge in [-0.05, 0) is 50.1 Å². The molecule has 0 aromatic heterocycles. The second-order valence-corrected chi connectivity index (χ2v) is 6.82. The maximum absolute atomic E-state index is 12.1. The van der Waals surface area contributed by atoms with Crippen molar-refractivity contribution in [2.75, 3.05) is 13.2 Å². The van der Waals surface area contributed by atoms with Gasteiger partial charge in [-0.15, -0.1) is 11.8 Å². The molecule has 0 aliphatic rings. The van der Waals surface area contributed by atoms with Crippen LogP contribution in [0.25, 0.3) is 0 Å². The lowest BCUT2D eigenvalue weighted by molar-refractivity contribution is -0.120. The van der Waals surface area contributed by atoms with E-state index in [1.54, 1.807) is 11.8 Å². The van der Waals surface area contributed by atoms with E-state index in [1.807, 2.05) is 56.3 Å². The number of benzene rings is 2. The third kappa shape index (κ3) is 5.32. The molecule has 0 saturated carbocycles. The molecule has 3 nitrogen and oxygen atoms in total. The second kappa shape index (κ2) is 8.63. The monoisotopic (exact) mass is 329 g/mol. The van der Waals surface area contributed by atoms with Crippen LogP contribution in [0.15, 0.2) is 53.4 Å². The van der Waals surface area contributed by atoms with Crippen LogP contribution in [0.5, 0.6) is 5.75 Å². The molecule has 2 aromatic rings. The molecule has 0 fully saturated rings. The summed E-state index contributed by atoms with van der Waals surface area (Å²) < 4.78 is 5.74. The van der Waals surface area contributed by atoms with Crippen LogP contribution in [0.4, 0.5) is 0 Å². The molecule has 2 rings (SSSR count). The van der Waals surface area contributed by atoms with Crippen LogP contribution in [0, 0.1) is 13.8 Å². The number of carbonyl (C=O) groups excluding carboxylic acids is 1. The zero-order chi connectivity index (χ0) is 16.7. The average molecular weight is 329 g/mol. The van der Waals surface area contributed by atoms with Crippen molar-refractivity contribution in [2.24, 2.45) is 0 Å². The highest BCUT2D eigenvalue weighted by Crippen LogP contribution is 2.22. The molecule has 1 amide bonds. The van der Waals surface area contributed by atoms with Gasteiger partial charge >= 0.3 is 0 Å². The first-order valence-corrected chi connectivity index (χ1v) is 8.64. The first-order valence-electron chi connectivity index (χ1n) is 7.76. The Hall–Kier alpha value is -1.94. The Kier molecular flexibility index (Phi) is 6.53. The minimum absolute atomic E-state index is 0.0309. The molecule has 1 atom stereocenters. The van der Waals surface area contributed by atoms with Gasteiger partial charge in [-0.25, -0.2) is 0 Å². The van der Waals surface area contributed by atoms with Gasteiger partial charge in [-0.2, -0.15) is 0 Å². The lowest BCUT2D eigenvalue weighted by atomic mass is 10.1. The van der Waals surface area contributed by atoms with E-state index in [4.69, 9.17) is 4.74 Å². The van der Waals surface area contributed by atoms with E-state index in [0.29, 0.717) is 13.2 Å². The number of ether oxygens (including phenoxy) is 1. The molecule has 23 heavy (non-hydrogen) atoms. The zero-order valence-corrected chi connectivity index (χ0v) is 14.7. The summed E-state index contributed by atoms with van der Waals surface area (Å²) >= 11 is 1.56. The molecule has 122 valence electrons. The van der Waals surface area contributed by atoms with Gasteiger partial charge in [-0.3, -0.25) is 4.79 Å². The van der Waals surface area contributed by atoms with Gasteiger partial charge in [0.1, 0.15) is 12.4 Å². The Morgan fingerprint density at radius 1 is 1.13 bits per heavy atom. The number of amides is 1. The number of carbonyl (C=O) groups is 1. The lowest BCUT2D eigenvalue weighted by Crippen LogP contribution is -2.34. The van der Waals surface area contributed by atoms with E-state index >= 15 is 0 Å². The van der Waals surface area contributed by atoms with E-state index in [1.165, 1.54) is 5.56 Å². The smallest absolute Gasteiger partial charge is 0.233 e. The van der Waals surface area contributed by atoms with Crippen LogP contribution < -0.4 is 10.1 Å². The summed E-state index contributed by atoms with van der Waals surface area (Å²) in [6, 6.07) is 15.9. The number of nitrogens with one attached hydrogen (secondary N) is 1. The van der Waals surface area contributed by atoms with Crippen molar-refractivity contribution in [2.45, 2.75) is 30.9 Å². The van der Waals surface area contributed by atoms with Crippen LogP contribution >= 0.6 is 11.8 Å². The summed E-state index contributed by atoms with van der Waals surface area (Å²) in [6.45, 7) is 7.00. The summed E-state index contributed by atoms with van der Waals surface area (Å²) in [5.41, 5.74) is 2.35. The van der Waals surface area contributed by atoms with Gasteiger partial charge in [0.15, 0.2) is 0 Å². The molecule has 0 aliphatic heterocycles. The molecule has 0 radical (unpaired) electrons. The van der Waals surface area contributed by atoms with Crippen LogP contribution in [-0.4, -0.2) is 24.3 Å². The molecule has 0 aliphatic carbocycles. The molecular formula is C19H23NO2S. The van der Waals surface area contributed by atoms with Crippen molar-refractivity contribution in [3.63, 3.8) is 0 Å². The quantitative estimate of drug-likeness (QED) is 0.617. The number of thioether (sulfide) groups is 1. The highest BCUT2D eigenvalue weighted by molar-refractivity contribution is 8.00. The van der Waals surface area contributed by atoms with Crippen LogP contribution in [0.2, 0.25) is 0 Å². The fourth-order valence-corrected chi connectivity index (χ4v) is 3.03. The predicted molar refractivity (Wildman–Crippen MR) is 96.2 cm³/mol. The maximum Gasteiger partial charge on any atom is 0.233 e. The number of rotatable bonds is 7. The van der Waals surface area contributed by atoms with Crippen molar-refractivity contribution in [3.05, 3.63) is 59.7 Å². The first-order chi connectivity index (χ1) is 11.1. The number of aryl methyl sites for hydroxylation is 1. The maximum atomic E-state index is 12.1. The van der Waals surface area contributed by atoms with Gasteiger partial charge in [-0.1, -0.05) is 30.3 Å². The van der Waals surface area contributed by atoms with E-state index in [-0.39, 0.29) is 11.2 Å². The van der Waals surface area contributed by atoms with Crippen LogP contribution in [0.3, 0.4) is 0 Å². The first kappa shape index (κ1) is 17.4. The average Bonchev–Trinajstić information content (AvgIpc) is 2.56. The Labute approximate surface area is 142 Å². The van der Waals surface area contributed by atoms with E-state index in [2.05, 4.69) is 18.3 Å². The molecule has 0 heterocycles. The molecule has 0 saturated heterocycles. The number of hydrogen-bond donors (Lipinski definition) is 1. The van der Waals surface area contributed by atoms with Gasteiger partial charge < -0.3 is 10.1 Å². The lowest BCUT2D eigenvalue weighted by Gasteiger charge is -2.14. The Balaban J connectivity index is 1.73. The van der Waals surface area contributed by atoms with Crippen molar-refractivity contribution in [1.82, 2.24) is 5.32 Å². The fourth-order valence-electron chi connectivity index (χ4n) is 2.12. The summed E-state index contributed by atoms with van der Waals surface area (Å²) in [5.74, 6) is 0.911. The van der Waals surface area contributed by atoms with E-state index in [9.17, 15) is 4.79 Å². The highest BCUT2D eigenvalue weighted by Gasteiger charge is 2.13. The fraction of sp³-hybridized carbons (Fsp3) is 0.316. The third-order valence-corrected chi connectivity index (χ3v) is 4.75. The van der Waals surface area contributed by atoms with E-state index < -0.39 is 0 Å². The normalized spacial score (nSPS) is 11.8. The molecule has 0 bridgehead atoms. The molecule has 0 spiro atoms. The topological polar surface area (TPSA) is 38.3 Å². The highest BCUT2D eigenvalue weighted by atomic mass is 32.2. The Morgan fingerprint density at radius 2 is 1.87 bits per heavy atom. The van der Waals surface area contributed by atoms with Crippen LogP contribution in [0.1, 0.15) is 18.1 Å². The summed E-state index contributed by atoms with van der Waals surface area (Å²) in [4.78, 5) is 13.2. The zero-order valence-electron chi connectivity index (χ0n) is 13.8. The van der Waals surface area contributed by atoms with Gasteiger partial charge in [0.25, 0.3) is 0 Å². The Morgan fingerprint density at radius 3 is 2.61 bits per heavy atom. The predicted octanol–water partition coefficient (Wildman–Crippen LogP) is 3.98. The Bertz CT molecular complexity index is 643. The second-order valence-electron chi connectivity index (χ2n) is 5.41. The van der Waals surface area contributed by atoms with Gasteiger partial charge in [0.2, 0.25) is 5.91 Å². The van der Waals surface area contributed by atoms with Crippen molar-refractivity contribution >= 4 is 17.7 Å². The van der Waals surface area contributed by atoms with Crippen molar-refractivity contribution in [1.29, 1.82) is 0 Å². The standard InChI is InChI=1S/C19H23NO2S/c1-14-8-7-11-18(15(14)2)22-13-12-20-19(21)16(3)23-17-9-5-4-6-10-17/h4-11,16H,12-13H2,1-3H3,(H,20,21)/t16-/m0/s1. The summed E-state index contributed by atoms with van der Waals surface area (Å²) in [6.07, 6.45) is 0.